The number of likely N-dealkylation sites (N-methyl/N-ethyl adjacent to an activating group) is 1. The maximum atomic E-state index is 12.1. The Balaban J connectivity index is 1.77. The maximum Gasteiger partial charge on any atom is 0.236 e. The Labute approximate surface area is 112 Å². The van der Waals surface area contributed by atoms with Crippen molar-refractivity contribution >= 4 is 17.2 Å². The number of rotatable bonds is 5. The van der Waals surface area contributed by atoms with Crippen LogP contribution in [0.2, 0.25) is 0 Å². The van der Waals surface area contributed by atoms with Crippen LogP contribution in [-0.2, 0) is 11.3 Å². The van der Waals surface area contributed by atoms with E-state index in [9.17, 15) is 4.79 Å². The number of amides is 1. The smallest absolute Gasteiger partial charge is 0.236 e. The molecule has 1 fully saturated rings. The Kier molecular flexibility index (Phi) is 4.74. The second-order valence-corrected chi connectivity index (χ2v) is 5.79. The standard InChI is InChI=1S/C13H21N3OS/c1-15(7-12-3-5-18-10-12)13(17)9-16-4-2-11(6-14)8-16/h3,5,10-11H,2,4,6-9,14H2,1H3. The molecule has 2 N–H and O–H groups in total. The number of likely N-dealkylation sites (tertiary alicyclic amines) is 1. The van der Waals surface area contributed by atoms with Crippen LogP contribution >= 0.6 is 11.3 Å². The molecule has 0 saturated carbocycles. The van der Waals surface area contributed by atoms with Crippen LogP contribution in [0.25, 0.3) is 0 Å². The first kappa shape index (κ1) is 13.5. The van der Waals surface area contributed by atoms with Crippen LogP contribution in [0.3, 0.4) is 0 Å². The lowest BCUT2D eigenvalue weighted by molar-refractivity contribution is -0.131. The zero-order chi connectivity index (χ0) is 13.0. The van der Waals surface area contributed by atoms with Gasteiger partial charge in [-0.1, -0.05) is 0 Å². The highest BCUT2D eigenvalue weighted by Gasteiger charge is 2.23. The van der Waals surface area contributed by atoms with E-state index in [0.717, 1.165) is 26.1 Å². The van der Waals surface area contributed by atoms with E-state index in [-0.39, 0.29) is 5.91 Å². The molecule has 1 amide bonds. The highest BCUT2D eigenvalue weighted by atomic mass is 32.1. The minimum Gasteiger partial charge on any atom is -0.340 e. The van der Waals surface area contributed by atoms with Crippen molar-refractivity contribution in [3.8, 4) is 0 Å². The van der Waals surface area contributed by atoms with Gasteiger partial charge in [-0.15, -0.1) is 0 Å². The molecule has 1 saturated heterocycles. The molecule has 0 spiro atoms. The van der Waals surface area contributed by atoms with Gasteiger partial charge in [-0.3, -0.25) is 9.69 Å². The molecule has 4 nitrogen and oxygen atoms in total. The zero-order valence-corrected chi connectivity index (χ0v) is 11.7. The number of hydrogen-bond donors (Lipinski definition) is 1. The van der Waals surface area contributed by atoms with Crippen molar-refractivity contribution < 1.29 is 4.79 Å². The van der Waals surface area contributed by atoms with Crippen LogP contribution in [0.1, 0.15) is 12.0 Å². The van der Waals surface area contributed by atoms with E-state index in [1.54, 1.807) is 16.2 Å². The van der Waals surface area contributed by atoms with Gasteiger partial charge in [-0.25, -0.2) is 0 Å². The van der Waals surface area contributed by atoms with Gasteiger partial charge in [0.2, 0.25) is 5.91 Å². The second kappa shape index (κ2) is 6.31. The van der Waals surface area contributed by atoms with E-state index in [4.69, 9.17) is 5.73 Å². The predicted octanol–water partition coefficient (Wildman–Crippen LogP) is 0.987. The summed E-state index contributed by atoms with van der Waals surface area (Å²) in [6.07, 6.45) is 1.12. The van der Waals surface area contributed by atoms with Gasteiger partial charge >= 0.3 is 0 Å². The largest absolute Gasteiger partial charge is 0.340 e. The van der Waals surface area contributed by atoms with E-state index >= 15 is 0 Å². The summed E-state index contributed by atoms with van der Waals surface area (Å²) in [6, 6.07) is 2.06. The summed E-state index contributed by atoms with van der Waals surface area (Å²) >= 11 is 1.67. The summed E-state index contributed by atoms with van der Waals surface area (Å²) < 4.78 is 0. The minimum absolute atomic E-state index is 0.193. The van der Waals surface area contributed by atoms with Gasteiger partial charge in [-0.05, 0) is 47.8 Å². The lowest BCUT2D eigenvalue weighted by Crippen LogP contribution is -2.37. The summed E-state index contributed by atoms with van der Waals surface area (Å²) in [6.45, 7) is 3.93. The Morgan fingerprint density at radius 1 is 1.67 bits per heavy atom. The van der Waals surface area contributed by atoms with Crippen LogP contribution in [0, 0.1) is 5.92 Å². The molecule has 5 heteroatoms. The summed E-state index contributed by atoms with van der Waals surface area (Å²) in [7, 11) is 1.87. The van der Waals surface area contributed by atoms with Gasteiger partial charge in [0.1, 0.15) is 0 Å². The number of carbonyl (C=O) groups is 1. The molecule has 2 rings (SSSR count). The summed E-state index contributed by atoms with van der Waals surface area (Å²) in [4.78, 5) is 16.1. The lowest BCUT2D eigenvalue weighted by Gasteiger charge is -2.21. The molecule has 1 aromatic heterocycles. The second-order valence-electron chi connectivity index (χ2n) is 5.01. The Bertz CT molecular complexity index is 380. The fraction of sp³-hybridized carbons (Fsp3) is 0.615. The highest BCUT2D eigenvalue weighted by molar-refractivity contribution is 7.07. The zero-order valence-electron chi connectivity index (χ0n) is 10.8. The Morgan fingerprint density at radius 2 is 2.50 bits per heavy atom. The van der Waals surface area contributed by atoms with Gasteiger partial charge in [0.15, 0.2) is 0 Å². The van der Waals surface area contributed by atoms with Gasteiger partial charge in [0.25, 0.3) is 0 Å². The summed E-state index contributed by atoms with van der Waals surface area (Å²) in [5.74, 6) is 0.763. The molecule has 1 unspecified atom stereocenters. The van der Waals surface area contributed by atoms with Crippen LogP contribution in [0.15, 0.2) is 16.8 Å². The molecule has 1 aromatic rings. The summed E-state index contributed by atoms with van der Waals surface area (Å²) in [5, 5.41) is 4.13. The van der Waals surface area contributed by atoms with E-state index in [1.165, 1.54) is 5.56 Å². The fourth-order valence-electron chi connectivity index (χ4n) is 2.31. The molecule has 100 valence electrons. The van der Waals surface area contributed by atoms with Crippen molar-refractivity contribution in [2.45, 2.75) is 13.0 Å². The van der Waals surface area contributed by atoms with Crippen LogP contribution in [-0.4, -0.2) is 48.9 Å². The molecule has 1 aliphatic rings. The molecule has 1 atom stereocenters. The van der Waals surface area contributed by atoms with Gasteiger partial charge < -0.3 is 10.6 Å². The average Bonchev–Trinajstić information content (AvgIpc) is 3.00. The minimum atomic E-state index is 0.193. The first-order chi connectivity index (χ1) is 8.69. The van der Waals surface area contributed by atoms with Crippen molar-refractivity contribution in [2.24, 2.45) is 11.7 Å². The van der Waals surface area contributed by atoms with E-state index in [1.807, 2.05) is 12.4 Å². The molecule has 0 bridgehead atoms. The van der Waals surface area contributed by atoms with Gasteiger partial charge in [-0.2, -0.15) is 11.3 Å². The highest BCUT2D eigenvalue weighted by Crippen LogP contribution is 2.15. The molecule has 0 radical (unpaired) electrons. The maximum absolute atomic E-state index is 12.1. The van der Waals surface area contributed by atoms with Crippen LogP contribution < -0.4 is 5.73 Å². The first-order valence-corrected chi connectivity index (χ1v) is 7.30. The molecule has 2 heterocycles. The van der Waals surface area contributed by atoms with Crippen molar-refractivity contribution in [1.82, 2.24) is 9.80 Å². The van der Waals surface area contributed by atoms with Crippen molar-refractivity contribution in [3.63, 3.8) is 0 Å². The Morgan fingerprint density at radius 3 is 3.11 bits per heavy atom. The monoisotopic (exact) mass is 267 g/mol. The number of thiophene rings is 1. The molecule has 0 aliphatic carbocycles. The van der Waals surface area contributed by atoms with E-state index in [2.05, 4.69) is 16.3 Å². The van der Waals surface area contributed by atoms with Crippen molar-refractivity contribution in [2.75, 3.05) is 33.2 Å². The van der Waals surface area contributed by atoms with Crippen molar-refractivity contribution in [3.05, 3.63) is 22.4 Å². The normalized spacial score (nSPS) is 20.2. The third kappa shape index (κ3) is 3.54. The number of carbonyl (C=O) groups excluding carboxylic acids is 1. The number of nitrogens with zero attached hydrogens (tertiary/aromatic N) is 2. The quantitative estimate of drug-likeness (QED) is 0.865. The van der Waals surface area contributed by atoms with E-state index < -0.39 is 0 Å². The SMILES string of the molecule is CN(Cc1ccsc1)C(=O)CN1CCC(CN)C1. The van der Waals surface area contributed by atoms with Gasteiger partial charge in [0, 0.05) is 20.1 Å². The lowest BCUT2D eigenvalue weighted by atomic mass is 10.1. The fourth-order valence-corrected chi connectivity index (χ4v) is 2.97. The number of nitrogens with two attached hydrogens (primary N) is 1. The molecule has 18 heavy (non-hydrogen) atoms. The van der Waals surface area contributed by atoms with Gasteiger partial charge in [0.05, 0.1) is 6.54 Å². The first-order valence-electron chi connectivity index (χ1n) is 6.36. The van der Waals surface area contributed by atoms with Crippen LogP contribution in [0.4, 0.5) is 0 Å². The third-order valence-electron chi connectivity index (χ3n) is 3.49. The summed E-state index contributed by atoms with van der Waals surface area (Å²) in [5.41, 5.74) is 6.86. The van der Waals surface area contributed by atoms with E-state index in [0.29, 0.717) is 19.0 Å². The molecular weight excluding hydrogens is 246 g/mol. The molecule has 1 aliphatic heterocycles. The topological polar surface area (TPSA) is 49.6 Å². The van der Waals surface area contributed by atoms with Crippen molar-refractivity contribution in [1.29, 1.82) is 0 Å². The third-order valence-corrected chi connectivity index (χ3v) is 4.22. The Hall–Kier alpha value is -0.910. The molecular formula is C13H21N3OS. The van der Waals surface area contributed by atoms with Crippen LogP contribution in [0.5, 0.6) is 0 Å². The molecule has 0 aromatic carbocycles. The predicted molar refractivity (Wildman–Crippen MR) is 74.4 cm³/mol. The number of hydrogen-bond acceptors (Lipinski definition) is 4. The average molecular weight is 267 g/mol.